The van der Waals surface area contributed by atoms with Gasteiger partial charge in [0.15, 0.2) is 0 Å². The molecule has 2 aromatic rings. The molecule has 2 aliphatic heterocycles. The summed E-state index contributed by atoms with van der Waals surface area (Å²) in [6, 6.07) is 11.9. The van der Waals surface area contributed by atoms with Gasteiger partial charge in [-0.3, -0.25) is 4.90 Å². The summed E-state index contributed by atoms with van der Waals surface area (Å²) >= 11 is 6.26. The van der Waals surface area contributed by atoms with Gasteiger partial charge in [0.25, 0.3) is 0 Å². The van der Waals surface area contributed by atoms with Crippen molar-refractivity contribution < 1.29 is 19.7 Å². The van der Waals surface area contributed by atoms with Gasteiger partial charge in [-0.05, 0) is 93.6 Å². The van der Waals surface area contributed by atoms with Crippen LogP contribution < -0.4 is 14.4 Å². The third kappa shape index (κ3) is 5.98. The predicted octanol–water partition coefficient (Wildman–Crippen LogP) is 4.20. The van der Waals surface area contributed by atoms with E-state index in [9.17, 15) is 10.2 Å². The lowest BCUT2D eigenvalue weighted by Gasteiger charge is -2.45. The number of aliphatic hydroxyl groups is 2. The molecular formula is C27H37ClN2O4. The molecule has 1 unspecified atom stereocenters. The number of benzene rings is 2. The van der Waals surface area contributed by atoms with E-state index in [2.05, 4.69) is 21.9 Å². The Balaban J connectivity index is 1.30. The number of methoxy groups -OCH3 is 1. The van der Waals surface area contributed by atoms with Crippen molar-refractivity contribution >= 4 is 17.3 Å². The number of likely N-dealkylation sites (tertiary alicyclic amines) is 1. The highest BCUT2D eigenvalue weighted by Gasteiger charge is 2.39. The molecule has 2 aromatic carbocycles. The summed E-state index contributed by atoms with van der Waals surface area (Å²) < 4.78 is 11.2. The molecule has 6 nitrogen and oxygen atoms in total. The third-order valence-corrected chi connectivity index (χ3v) is 7.80. The van der Waals surface area contributed by atoms with Crippen molar-refractivity contribution in [1.82, 2.24) is 4.90 Å². The topological polar surface area (TPSA) is 65.4 Å². The van der Waals surface area contributed by atoms with Crippen LogP contribution in [0.4, 0.5) is 5.69 Å². The van der Waals surface area contributed by atoms with Crippen LogP contribution >= 0.6 is 11.6 Å². The van der Waals surface area contributed by atoms with Crippen LogP contribution in [-0.4, -0.2) is 72.8 Å². The summed E-state index contributed by atoms with van der Waals surface area (Å²) in [5.74, 6) is 1.58. The molecule has 2 fully saturated rings. The lowest BCUT2D eigenvalue weighted by Crippen LogP contribution is -2.57. The van der Waals surface area contributed by atoms with Crippen molar-refractivity contribution in [3.05, 3.63) is 52.5 Å². The minimum absolute atomic E-state index is 0.230. The Hall–Kier alpha value is -1.99. The van der Waals surface area contributed by atoms with Gasteiger partial charge in [0, 0.05) is 36.9 Å². The standard InChI is InChI=1S/C27H37ClN2O4/c1-20-15-24(16-21(2)25(20)28)34-19-27(32)9-4-12-29(18-27)17-26(31)10-13-30(14-11-26)22-5-7-23(33-3)8-6-22/h5-8,15-16,31-32H,4,9-14,17-19H2,1-3H3. The maximum absolute atomic E-state index is 11.3. The second-order valence-electron chi connectivity index (χ2n) is 10.1. The normalized spacial score (nSPS) is 23.1. The van der Waals surface area contributed by atoms with E-state index in [4.69, 9.17) is 21.1 Å². The first-order valence-corrected chi connectivity index (χ1v) is 12.5. The van der Waals surface area contributed by atoms with Crippen molar-refractivity contribution in [2.24, 2.45) is 0 Å². The number of β-amino-alcohol motifs (C(OH)–C–C–N with tert-alkyl or cyclic N) is 2. The lowest BCUT2D eigenvalue weighted by molar-refractivity contribution is -0.0861. The molecule has 0 aliphatic carbocycles. The Morgan fingerprint density at radius 1 is 0.912 bits per heavy atom. The van der Waals surface area contributed by atoms with Crippen LogP contribution in [0, 0.1) is 13.8 Å². The van der Waals surface area contributed by atoms with Gasteiger partial charge in [0.1, 0.15) is 23.7 Å². The zero-order valence-electron chi connectivity index (χ0n) is 20.5. The van der Waals surface area contributed by atoms with E-state index in [1.165, 1.54) is 0 Å². The first kappa shape index (κ1) is 25.1. The predicted molar refractivity (Wildman–Crippen MR) is 136 cm³/mol. The van der Waals surface area contributed by atoms with E-state index in [0.717, 1.165) is 59.4 Å². The molecule has 0 aromatic heterocycles. The number of halogens is 1. The van der Waals surface area contributed by atoms with Gasteiger partial charge in [-0.25, -0.2) is 0 Å². The smallest absolute Gasteiger partial charge is 0.120 e. The zero-order chi connectivity index (χ0) is 24.3. The van der Waals surface area contributed by atoms with Gasteiger partial charge < -0.3 is 24.6 Å². The molecule has 0 bridgehead atoms. The Kier molecular flexibility index (Phi) is 7.63. The monoisotopic (exact) mass is 488 g/mol. The Morgan fingerprint density at radius 3 is 2.18 bits per heavy atom. The van der Waals surface area contributed by atoms with Gasteiger partial charge in [-0.15, -0.1) is 0 Å². The van der Waals surface area contributed by atoms with E-state index in [-0.39, 0.29) is 6.61 Å². The van der Waals surface area contributed by atoms with Crippen LogP contribution in [0.3, 0.4) is 0 Å². The number of ether oxygens (including phenoxy) is 2. The van der Waals surface area contributed by atoms with Crippen LogP contribution in [0.5, 0.6) is 11.5 Å². The van der Waals surface area contributed by atoms with Crippen LogP contribution in [0.15, 0.2) is 36.4 Å². The number of aryl methyl sites for hydroxylation is 2. The van der Waals surface area contributed by atoms with Gasteiger partial charge in [-0.2, -0.15) is 0 Å². The Labute approximate surface area is 208 Å². The van der Waals surface area contributed by atoms with Crippen molar-refractivity contribution in [1.29, 1.82) is 0 Å². The molecule has 1 atom stereocenters. The SMILES string of the molecule is COc1ccc(N2CCC(O)(CN3CCCC(O)(COc4cc(C)c(Cl)c(C)c4)C3)CC2)cc1. The van der Waals surface area contributed by atoms with Crippen molar-refractivity contribution in [3.63, 3.8) is 0 Å². The second kappa shape index (κ2) is 10.3. The summed E-state index contributed by atoms with van der Waals surface area (Å²) in [5.41, 5.74) is 1.42. The summed E-state index contributed by atoms with van der Waals surface area (Å²) in [6.07, 6.45) is 2.98. The van der Waals surface area contributed by atoms with Gasteiger partial charge in [-0.1, -0.05) is 11.6 Å². The van der Waals surface area contributed by atoms with Crippen molar-refractivity contribution in [3.8, 4) is 11.5 Å². The van der Waals surface area contributed by atoms with E-state index in [1.54, 1.807) is 7.11 Å². The number of hydrogen-bond acceptors (Lipinski definition) is 6. The fourth-order valence-electron chi connectivity index (χ4n) is 5.21. The average Bonchev–Trinajstić information content (AvgIpc) is 2.81. The number of rotatable bonds is 7. The van der Waals surface area contributed by atoms with Gasteiger partial charge >= 0.3 is 0 Å². The molecule has 2 aliphatic rings. The average molecular weight is 489 g/mol. The van der Waals surface area contributed by atoms with Gasteiger partial charge in [0.05, 0.1) is 12.7 Å². The highest BCUT2D eigenvalue weighted by atomic mass is 35.5. The van der Waals surface area contributed by atoms with Crippen LogP contribution in [-0.2, 0) is 0 Å². The summed E-state index contributed by atoms with van der Waals surface area (Å²) in [5, 5.41) is 23.3. The van der Waals surface area contributed by atoms with E-state index in [1.807, 2.05) is 38.1 Å². The number of anilines is 1. The quantitative estimate of drug-likeness (QED) is 0.609. The summed E-state index contributed by atoms with van der Waals surface area (Å²) in [7, 11) is 1.67. The Morgan fingerprint density at radius 2 is 1.56 bits per heavy atom. The van der Waals surface area contributed by atoms with Crippen molar-refractivity contribution in [2.45, 2.75) is 50.7 Å². The Bertz CT molecular complexity index is 952. The lowest BCUT2D eigenvalue weighted by atomic mass is 9.87. The van der Waals surface area contributed by atoms with E-state index < -0.39 is 11.2 Å². The van der Waals surface area contributed by atoms with Crippen molar-refractivity contribution in [2.75, 3.05) is 51.3 Å². The first-order valence-electron chi connectivity index (χ1n) is 12.1. The molecule has 4 rings (SSSR count). The molecule has 0 amide bonds. The molecule has 0 saturated carbocycles. The maximum Gasteiger partial charge on any atom is 0.120 e. The molecule has 0 spiro atoms. The van der Waals surface area contributed by atoms with Crippen LogP contribution in [0.25, 0.3) is 0 Å². The highest BCUT2D eigenvalue weighted by molar-refractivity contribution is 6.32. The molecule has 2 N–H and O–H groups in total. The molecule has 0 radical (unpaired) electrons. The molecule has 2 saturated heterocycles. The molecule has 186 valence electrons. The maximum atomic E-state index is 11.3. The molecular weight excluding hydrogens is 452 g/mol. The summed E-state index contributed by atoms with van der Waals surface area (Å²) in [6.45, 7) is 7.71. The largest absolute Gasteiger partial charge is 0.497 e. The van der Waals surface area contributed by atoms with E-state index in [0.29, 0.717) is 32.4 Å². The molecule has 7 heteroatoms. The zero-order valence-corrected chi connectivity index (χ0v) is 21.3. The molecule has 34 heavy (non-hydrogen) atoms. The number of nitrogens with zero attached hydrogens (tertiary/aromatic N) is 2. The van der Waals surface area contributed by atoms with Crippen LogP contribution in [0.1, 0.15) is 36.8 Å². The summed E-state index contributed by atoms with van der Waals surface area (Å²) in [4.78, 5) is 4.51. The second-order valence-corrected chi connectivity index (χ2v) is 10.5. The fourth-order valence-corrected chi connectivity index (χ4v) is 5.32. The minimum atomic E-state index is -0.931. The number of piperidine rings is 2. The van der Waals surface area contributed by atoms with Gasteiger partial charge in [0.2, 0.25) is 0 Å². The van der Waals surface area contributed by atoms with Crippen LogP contribution in [0.2, 0.25) is 5.02 Å². The first-order chi connectivity index (χ1) is 16.2. The number of hydrogen-bond donors (Lipinski definition) is 2. The van der Waals surface area contributed by atoms with E-state index >= 15 is 0 Å². The fraction of sp³-hybridized carbons (Fsp3) is 0.556. The third-order valence-electron chi connectivity index (χ3n) is 7.20. The highest BCUT2D eigenvalue weighted by Crippen LogP contribution is 2.31. The molecule has 2 heterocycles. The minimum Gasteiger partial charge on any atom is -0.497 e.